The first-order valence-electron chi connectivity index (χ1n) is 5.16. The zero-order chi connectivity index (χ0) is 12.1. The number of hydrogen-bond acceptors (Lipinski definition) is 6. The number of nitrogens with two attached hydrogens (primary N) is 2. The van der Waals surface area contributed by atoms with Crippen molar-refractivity contribution in [2.75, 3.05) is 35.4 Å². The Morgan fingerprint density at radius 2 is 2.12 bits per heavy atom. The van der Waals surface area contributed by atoms with E-state index in [4.69, 9.17) is 11.5 Å². The van der Waals surface area contributed by atoms with Crippen LogP contribution in [0.4, 0.5) is 17.6 Å². The summed E-state index contributed by atoms with van der Waals surface area (Å²) in [7, 11) is 1.99. The molecule has 16 heavy (non-hydrogen) atoms. The first-order chi connectivity index (χ1) is 7.54. The van der Waals surface area contributed by atoms with E-state index < -0.39 is 0 Å². The van der Waals surface area contributed by atoms with Crippen LogP contribution in [-0.4, -0.2) is 35.1 Å². The maximum atomic E-state index is 5.64. The highest BCUT2D eigenvalue weighted by atomic mass is 32.2. The monoisotopic (exact) mass is 241 g/mol. The van der Waals surface area contributed by atoms with Crippen molar-refractivity contribution in [3.8, 4) is 0 Å². The molecule has 6 heteroatoms. The first kappa shape index (κ1) is 12.9. The molecule has 0 aliphatic rings. The second-order valence-corrected chi connectivity index (χ2v) is 4.74. The predicted octanol–water partition coefficient (Wildman–Crippen LogP) is 1.22. The van der Waals surface area contributed by atoms with E-state index in [1.54, 1.807) is 6.07 Å². The fraction of sp³-hybridized carbons (Fsp3) is 0.600. The number of anilines is 3. The van der Waals surface area contributed by atoms with Crippen LogP contribution in [0, 0.1) is 0 Å². The minimum Gasteiger partial charge on any atom is -0.383 e. The van der Waals surface area contributed by atoms with Gasteiger partial charge in [0.2, 0.25) is 5.95 Å². The predicted molar refractivity (Wildman–Crippen MR) is 71.7 cm³/mol. The second kappa shape index (κ2) is 5.79. The number of nitrogen functional groups attached to an aromatic ring is 2. The molecule has 1 atom stereocenters. The normalized spacial score (nSPS) is 12.4. The van der Waals surface area contributed by atoms with Crippen LogP contribution in [0.1, 0.15) is 13.3 Å². The molecule has 0 spiro atoms. The molecule has 1 unspecified atom stereocenters. The van der Waals surface area contributed by atoms with Crippen LogP contribution in [0.25, 0.3) is 0 Å². The zero-order valence-electron chi connectivity index (χ0n) is 9.97. The summed E-state index contributed by atoms with van der Waals surface area (Å²) in [6, 6.07) is 2.15. The standard InChI is InChI=1S/C10H19N5S/c1-7(4-5-16-3)15(2)9-6-8(11)13-10(12)14-9/h6-7H,4-5H2,1-3H3,(H4,11,12,13,14). The Bertz CT molecular complexity index is 324. The molecule has 0 amide bonds. The number of hydrogen-bond donors (Lipinski definition) is 2. The van der Waals surface area contributed by atoms with Gasteiger partial charge in [0.15, 0.2) is 0 Å². The summed E-state index contributed by atoms with van der Waals surface area (Å²) in [5, 5.41) is 0. The lowest BCUT2D eigenvalue weighted by Crippen LogP contribution is -2.30. The Morgan fingerprint density at radius 3 is 2.69 bits per heavy atom. The van der Waals surface area contributed by atoms with Crippen LogP contribution in [0.5, 0.6) is 0 Å². The van der Waals surface area contributed by atoms with Crippen molar-refractivity contribution < 1.29 is 0 Å². The van der Waals surface area contributed by atoms with Crippen molar-refractivity contribution in [3.05, 3.63) is 6.07 Å². The molecule has 0 saturated heterocycles. The van der Waals surface area contributed by atoms with Gasteiger partial charge >= 0.3 is 0 Å². The van der Waals surface area contributed by atoms with Crippen molar-refractivity contribution in [2.24, 2.45) is 0 Å². The van der Waals surface area contributed by atoms with Crippen molar-refractivity contribution in [2.45, 2.75) is 19.4 Å². The fourth-order valence-corrected chi connectivity index (χ4v) is 1.94. The van der Waals surface area contributed by atoms with E-state index in [1.807, 2.05) is 18.8 Å². The summed E-state index contributed by atoms with van der Waals surface area (Å²) in [5.41, 5.74) is 11.2. The molecule has 0 bridgehead atoms. The molecule has 0 saturated carbocycles. The van der Waals surface area contributed by atoms with Crippen molar-refractivity contribution in [3.63, 3.8) is 0 Å². The summed E-state index contributed by atoms with van der Waals surface area (Å²) in [5.74, 6) is 2.53. The average molecular weight is 241 g/mol. The maximum absolute atomic E-state index is 5.64. The summed E-state index contributed by atoms with van der Waals surface area (Å²) in [6.45, 7) is 2.16. The molecule has 1 heterocycles. The number of rotatable bonds is 5. The van der Waals surface area contributed by atoms with Gasteiger partial charge in [0.25, 0.3) is 0 Å². The highest BCUT2D eigenvalue weighted by Gasteiger charge is 2.12. The number of nitrogens with zero attached hydrogens (tertiary/aromatic N) is 3. The van der Waals surface area contributed by atoms with Crippen LogP contribution in [-0.2, 0) is 0 Å². The van der Waals surface area contributed by atoms with E-state index >= 15 is 0 Å². The third kappa shape index (κ3) is 3.44. The summed E-state index contributed by atoms with van der Waals surface area (Å²) in [6.07, 6.45) is 3.20. The largest absolute Gasteiger partial charge is 0.383 e. The molecule has 90 valence electrons. The molecule has 0 fully saturated rings. The van der Waals surface area contributed by atoms with E-state index in [-0.39, 0.29) is 5.95 Å². The molecular weight excluding hydrogens is 222 g/mol. The second-order valence-electron chi connectivity index (χ2n) is 3.75. The van der Waals surface area contributed by atoms with Crippen molar-refractivity contribution in [1.82, 2.24) is 9.97 Å². The van der Waals surface area contributed by atoms with E-state index in [2.05, 4.69) is 28.0 Å². The van der Waals surface area contributed by atoms with Crippen molar-refractivity contribution >= 4 is 29.3 Å². The van der Waals surface area contributed by atoms with Crippen molar-refractivity contribution in [1.29, 1.82) is 0 Å². The molecule has 1 aromatic rings. The van der Waals surface area contributed by atoms with Gasteiger partial charge in [-0.25, -0.2) is 0 Å². The van der Waals surface area contributed by atoms with E-state index in [0.29, 0.717) is 11.9 Å². The molecule has 1 aromatic heterocycles. The van der Waals surface area contributed by atoms with Gasteiger partial charge < -0.3 is 16.4 Å². The minimum absolute atomic E-state index is 0.221. The number of thioether (sulfide) groups is 1. The van der Waals surface area contributed by atoms with Gasteiger partial charge in [-0.3, -0.25) is 0 Å². The van der Waals surface area contributed by atoms with Crippen LogP contribution >= 0.6 is 11.8 Å². The van der Waals surface area contributed by atoms with Gasteiger partial charge in [-0.05, 0) is 25.4 Å². The van der Waals surface area contributed by atoms with Crippen LogP contribution in [0.3, 0.4) is 0 Å². The van der Waals surface area contributed by atoms with Crippen LogP contribution in [0.2, 0.25) is 0 Å². The molecule has 0 aliphatic heterocycles. The van der Waals surface area contributed by atoms with Gasteiger partial charge in [0.1, 0.15) is 11.6 Å². The Morgan fingerprint density at radius 1 is 1.44 bits per heavy atom. The van der Waals surface area contributed by atoms with Gasteiger partial charge in [0.05, 0.1) is 0 Å². The van der Waals surface area contributed by atoms with Gasteiger partial charge in [-0.15, -0.1) is 0 Å². The fourth-order valence-electron chi connectivity index (χ4n) is 1.36. The molecular formula is C10H19N5S. The molecule has 4 N–H and O–H groups in total. The lowest BCUT2D eigenvalue weighted by atomic mass is 10.2. The Hall–Kier alpha value is -1.17. The van der Waals surface area contributed by atoms with Crippen LogP contribution in [0.15, 0.2) is 6.07 Å². The maximum Gasteiger partial charge on any atom is 0.223 e. The van der Waals surface area contributed by atoms with E-state index in [1.165, 1.54) is 0 Å². The molecule has 1 rings (SSSR count). The smallest absolute Gasteiger partial charge is 0.223 e. The first-order valence-corrected chi connectivity index (χ1v) is 6.55. The Labute approximate surface area is 101 Å². The summed E-state index contributed by atoms with van der Waals surface area (Å²) < 4.78 is 0. The van der Waals surface area contributed by atoms with E-state index in [9.17, 15) is 0 Å². The average Bonchev–Trinajstić information content (AvgIpc) is 2.23. The molecule has 0 aromatic carbocycles. The SMILES string of the molecule is CSCCC(C)N(C)c1cc(N)nc(N)n1. The summed E-state index contributed by atoms with van der Waals surface area (Å²) >= 11 is 1.84. The lowest BCUT2D eigenvalue weighted by Gasteiger charge is -2.25. The Balaban J connectivity index is 2.74. The third-order valence-electron chi connectivity index (χ3n) is 2.51. The van der Waals surface area contributed by atoms with Crippen LogP contribution < -0.4 is 16.4 Å². The lowest BCUT2D eigenvalue weighted by molar-refractivity contribution is 0.662. The minimum atomic E-state index is 0.221. The highest BCUT2D eigenvalue weighted by Crippen LogP contribution is 2.17. The van der Waals surface area contributed by atoms with Gasteiger partial charge in [-0.2, -0.15) is 21.7 Å². The van der Waals surface area contributed by atoms with Gasteiger partial charge in [0, 0.05) is 19.2 Å². The third-order valence-corrected chi connectivity index (χ3v) is 3.16. The number of aromatic nitrogens is 2. The summed E-state index contributed by atoms with van der Waals surface area (Å²) in [4.78, 5) is 10.1. The van der Waals surface area contributed by atoms with Gasteiger partial charge in [-0.1, -0.05) is 0 Å². The Kier molecular flexibility index (Phi) is 4.67. The molecule has 5 nitrogen and oxygen atoms in total. The highest BCUT2D eigenvalue weighted by molar-refractivity contribution is 7.98. The quantitative estimate of drug-likeness (QED) is 0.806. The molecule has 0 radical (unpaired) electrons. The van der Waals surface area contributed by atoms with E-state index in [0.717, 1.165) is 18.0 Å². The molecule has 0 aliphatic carbocycles. The topological polar surface area (TPSA) is 81.1 Å². The zero-order valence-corrected chi connectivity index (χ0v) is 10.8.